The second-order valence-electron chi connectivity index (χ2n) is 5.45. The van der Waals surface area contributed by atoms with E-state index in [1.807, 2.05) is 10.9 Å². The molecule has 0 aromatic carbocycles. The summed E-state index contributed by atoms with van der Waals surface area (Å²) in [6.45, 7) is 12.2. The highest BCUT2D eigenvalue weighted by Gasteiger charge is 2.13. The van der Waals surface area contributed by atoms with E-state index in [1.54, 1.807) is 0 Å². The average molecular weight is 265 g/mol. The summed E-state index contributed by atoms with van der Waals surface area (Å²) in [4.78, 5) is 4.93. The molecule has 1 aromatic rings. The van der Waals surface area contributed by atoms with Crippen LogP contribution in [0.5, 0.6) is 0 Å². The van der Waals surface area contributed by atoms with Gasteiger partial charge in [0.25, 0.3) is 0 Å². The molecule has 19 heavy (non-hydrogen) atoms. The molecule has 1 fully saturated rings. The minimum atomic E-state index is 0.382. The van der Waals surface area contributed by atoms with Crippen molar-refractivity contribution in [1.82, 2.24) is 24.9 Å². The zero-order valence-electron chi connectivity index (χ0n) is 12.5. The lowest BCUT2D eigenvalue weighted by atomic mass is 10.2. The fraction of sp³-hybridized carbons (Fsp3) is 0.786. The van der Waals surface area contributed by atoms with Crippen LogP contribution < -0.4 is 5.32 Å². The van der Waals surface area contributed by atoms with Gasteiger partial charge in [0.1, 0.15) is 0 Å². The van der Waals surface area contributed by atoms with Crippen LogP contribution in [0.2, 0.25) is 0 Å². The molecule has 1 unspecified atom stereocenters. The van der Waals surface area contributed by atoms with Crippen molar-refractivity contribution in [3.05, 3.63) is 18.0 Å². The van der Waals surface area contributed by atoms with Crippen molar-refractivity contribution in [2.24, 2.45) is 0 Å². The Morgan fingerprint density at radius 3 is 2.68 bits per heavy atom. The summed E-state index contributed by atoms with van der Waals surface area (Å²) in [6.07, 6.45) is 4.10. The summed E-state index contributed by atoms with van der Waals surface area (Å²) >= 11 is 0. The predicted molar refractivity (Wildman–Crippen MR) is 78.3 cm³/mol. The number of likely N-dealkylation sites (N-methyl/N-ethyl adjacent to an activating group) is 1. The molecule has 5 heteroatoms. The van der Waals surface area contributed by atoms with Crippen LogP contribution in [0.1, 0.15) is 25.5 Å². The highest BCUT2D eigenvalue weighted by molar-refractivity contribution is 5.09. The van der Waals surface area contributed by atoms with Crippen LogP contribution in [0.4, 0.5) is 0 Å². The maximum Gasteiger partial charge on any atom is 0.0537 e. The average Bonchev–Trinajstić information content (AvgIpc) is 2.90. The van der Waals surface area contributed by atoms with Gasteiger partial charge in [-0.25, -0.2) is 0 Å². The second-order valence-corrected chi connectivity index (χ2v) is 5.45. The zero-order chi connectivity index (χ0) is 13.7. The molecule has 0 amide bonds. The van der Waals surface area contributed by atoms with E-state index in [4.69, 9.17) is 0 Å². The SMILES string of the molecule is CCn1cc(C(C)NCCN2CCN(C)CC2)cn1. The van der Waals surface area contributed by atoms with Crippen molar-refractivity contribution < 1.29 is 0 Å². The van der Waals surface area contributed by atoms with E-state index in [-0.39, 0.29) is 0 Å². The monoisotopic (exact) mass is 265 g/mol. The topological polar surface area (TPSA) is 36.3 Å². The standard InChI is InChI=1S/C14H27N5/c1-4-19-12-14(11-16-19)13(2)15-5-6-18-9-7-17(3)8-10-18/h11-13,15H,4-10H2,1-3H3. The summed E-state index contributed by atoms with van der Waals surface area (Å²) in [5.74, 6) is 0. The van der Waals surface area contributed by atoms with E-state index < -0.39 is 0 Å². The lowest BCUT2D eigenvalue weighted by molar-refractivity contribution is 0.154. The Labute approximate surface area is 116 Å². The third-order valence-corrected chi connectivity index (χ3v) is 3.95. The van der Waals surface area contributed by atoms with Gasteiger partial charge in [0.05, 0.1) is 6.20 Å². The summed E-state index contributed by atoms with van der Waals surface area (Å²) < 4.78 is 1.98. The largest absolute Gasteiger partial charge is 0.309 e. The molecule has 1 aliphatic rings. The quantitative estimate of drug-likeness (QED) is 0.825. The Morgan fingerprint density at radius 1 is 1.32 bits per heavy atom. The molecule has 108 valence electrons. The number of aromatic nitrogens is 2. The molecular weight excluding hydrogens is 238 g/mol. The molecule has 5 nitrogen and oxygen atoms in total. The molecule has 0 aliphatic carbocycles. The minimum Gasteiger partial charge on any atom is -0.309 e. The van der Waals surface area contributed by atoms with Crippen LogP contribution in [0.25, 0.3) is 0 Å². The van der Waals surface area contributed by atoms with Crippen molar-refractivity contribution >= 4 is 0 Å². The summed E-state index contributed by atoms with van der Waals surface area (Å²) in [7, 11) is 2.20. The number of hydrogen-bond acceptors (Lipinski definition) is 4. The normalized spacial score (nSPS) is 19.7. The fourth-order valence-electron chi connectivity index (χ4n) is 2.40. The van der Waals surface area contributed by atoms with Gasteiger partial charge in [-0.3, -0.25) is 9.58 Å². The smallest absolute Gasteiger partial charge is 0.0537 e. The van der Waals surface area contributed by atoms with E-state index >= 15 is 0 Å². The Morgan fingerprint density at radius 2 is 2.05 bits per heavy atom. The third kappa shape index (κ3) is 4.30. The molecular formula is C14H27N5. The number of piperazine rings is 1. The second kappa shape index (κ2) is 7.03. The van der Waals surface area contributed by atoms with Gasteiger partial charge in [0.2, 0.25) is 0 Å². The number of nitrogens with zero attached hydrogens (tertiary/aromatic N) is 4. The fourth-order valence-corrected chi connectivity index (χ4v) is 2.40. The maximum absolute atomic E-state index is 4.32. The number of hydrogen-bond donors (Lipinski definition) is 1. The van der Waals surface area contributed by atoms with Gasteiger partial charge in [-0.1, -0.05) is 0 Å². The Hall–Kier alpha value is -0.910. The van der Waals surface area contributed by atoms with Gasteiger partial charge in [-0.05, 0) is 20.9 Å². The molecule has 0 bridgehead atoms. The zero-order valence-corrected chi connectivity index (χ0v) is 12.5. The van der Waals surface area contributed by atoms with Gasteiger partial charge in [0.15, 0.2) is 0 Å². The first-order valence-electron chi connectivity index (χ1n) is 7.35. The van der Waals surface area contributed by atoms with Crippen LogP contribution in [0.15, 0.2) is 12.4 Å². The maximum atomic E-state index is 4.32. The Bertz CT molecular complexity index is 368. The molecule has 2 heterocycles. The Kier molecular flexibility index (Phi) is 5.36. The van der Waals surface area contributed by atoms with Gasteiger partial charge < -0.3 is 10.2 Å². The van der Waals surface area contributed by atoms with E-state index in [0.29, 0.717) is 6.04 Å². The summed E-state index contributed by atoms with van der Waals surface area (Å²) in [5.41, 5.74) is 1.28. The molecule has 2 rings (SSSR count). The van der Waals surface area contributed by atoms with Crippen molar-refractivity contribution in [2.75, 3.05) is 46.3 Å². The molecule has 1 saturated heterocycles. The van der Waals surface area contributed by atoms with Crippen LogP contribution in [-0.2, 0) is 6.54 Å². The van der Waals surface area contributed by atoms with Crippen molar-refractivity contribution in [2.45, 2.75) is 26.4 Å². The molecule has 1 atom stereocenters. The molecule has 1 aliphatic heterocycles. The molecule has 1 aromatic heterocycles. The lowest BCUT2D eigenvalue weighted by Crippen LogP contribution is -2.46. The van der Waals surface area contributed by atoms with Crippen LogP contribution in [0.3, 0.4) is 0 Å². The third-order valence-electron chi connectivity index (χ3n) is 3.95. The lowest BCUT2D eigenvalue weighted by Gasteiger charge is -2.32. The van der Waals surface area contributed by atoms with Gasteiger partial charge in [-0.2, -0.15) is 5.10 Å². The number of rotatable bonds is 6. The minimum absolute atomic E-state index is 0.382. The van der Waals surface area contributed by atoms with Gasteiger partial charge in [-0.15, -0.1) is 0 Å². The highest BCUT2D eigenvalue weighted by atomic mass is 15.3. The van der Waals surface area contributed by atoms with Crippen LogP contribution in [0, 0.1) is 0 Å². The van der Waals surface area contributed by atoms with E-state index in [1.165, 1.54) is 31.7 Å². The number of aryl methyl sites for hydroxylation is 1. The number of nitrogens with one attached hydrogen (secondary N) is 1. The van der Waals surface area contributed by atoms with Crippen molar-refractivity contribution in [3.8, 4) is 0 Å². The predicted octanol–water partition coefficient (Wildman–Crippen LogP) is 0.801. The highest BCUT2D eigenvalue weighted by Crippen LogP contribution is 2.10. The Balaban J connectivity index is 1.67. The van der Waals surface area contributed by atoms with E-state index in [9.17, 15) is 0 Å². The first-order valence-corrected chi connectivity index (χ1v) is 7.35. The molecule has 0 saturated carbocycles. The van der Waals surface area contributed by atoms with E-state index in [0.717, 1.165) is 19.6 Å². The first-order chi connectivity index (χ1) is 9.19. The van der Waals surface area contributed by atoms with Gasteiger partial charge in [0, 0.05) is 63.6 Å². The van der Waals surface area contributed by atoms with Crippen LogP contribution in [-0.4, -0.2) is 65.9 Å². The summed E-state index contributed by atoms with van der Waals surface area (Å²) in [6, 6.07) is 0.382. The molecule has 1 N–H and O–H groups in total. The molecule has 0 spiro atoms. The first kappa shape index (κ1) is 14.5. The van der Waals surface area contributed by atoms with Crippen molar-refractivity contribution in [3.63, 3.8) is 0 Å². The summed E-state index contributed by atoms with van der Waals surface area (Å²) in [5, 5.41) is 7.91. The molecule has 0 radical (unpaired) electrons. The van der Waals surface area contributed by atoms with Crippen LogP contribution >= 0.6 is 0 Å². The van der Waals surface area contributed by atoms with Crippen molar-refractivity contribution in [1.29, 1.82) is 0 Å². The van der Waals surface area contributed by atoms with Gasteiger partial charge >= 0.3 is 0 Å². The van der Waals surface area contributed by atoms with E-state index in [2.05, 4.69) is 47.3 Å².